The molecule has 0 saturated carbocycles. The van der Waals surface area contributed by atoms with E-state index in [0.717, 1.165) is 22.4 Å². The number of H-pyrrole nitrogens is 1. The smallest absolute Gasteiger partial charge is 0.121 e. The molecule has 0 aliphatic heterocycles. The Kier molecular flexibility index (Phi) is 5.02. The molecule has 4 heteroatoms. The number of nitrogens with one attached hydrogen (secondary N) is 1. The Morgan fingerprint density at radius 1 is 1.23 bits per heavy atom. The third kappa shape index (κ3) is 2.78. The second kappa shape index (κ2) is 6.78. The van der Waals surface area contributed by atoms with Gasteiger partial charge >= 0.3 is 0 Å². The predicted octanol–water partition coefficient (Wildman–Crippen LogP) is 3.13. The molecule has 1 aromatic heterocycles. The standard InChI is InChI=1S/C18H23N3O/c1-11-5-6-14(13(3)12(11)2)18-15(7-8-22-4)16(9-19)21-17(18)10-20/h5-6,21H,7-8,10,20H2,1-4H3. The van der Waals surface area contributed by atoms with Crippen LogP contribution in [0.3, 0.4) is 0 Å². The fourth-order valence-corrected chi connectivity index (χ4v) is 2.85. The Hall–Kier alpha value is -2.09. The molecule has 1 aromatic carbocycles. The van der Waals surface area contributed by atoms with E-state index in [1.54, 1.807) is 7.11 Å². The fourth-order valence-electron chi connectivity index (χ4n) is 2.85. The third-order valence-corrected chi connectivity index (χ3v) is 4.38. The van der Waals surface area contributed by atoms with Gasteiger partial charge in [0.15, 0.2) is 0 Å². The summed E-state index contributed by atoms with van der Waals surface area (Å²) in [6.07, 6.45) is 0.692. The third-order valence-electron chi connectivity index (χ3n) is 4.38. The van der Waals surface area contributed by atoms with Gasteiger partial charge in [-0.1, -0.05) is 12.1 Å². The molecule has 0 radical (unpaired) electrons. The normalized spacial score (nSPS) is 10.7. The highest BCUT2D eigenvalue weighted by Crippen LogP contribution is 2.34. The summed E-state index contributed by atoms with van der Waals surface area (Å²) in [4.78, 5) is 3.18. The summed E-state index contributed by atoms with van der Waals surface area (Å²) in [5.41, 5.74) is 14.4. The van der Waals surface area contributed by atoms with Gasteiger partial charge in [0.05, 0.1) is 6.61 Å². The van der Waals surface area contributed by atoms with Crippen LogP contribution in [-0.2, 0) is 17.7 Å². The van der Waals surface area contributed by atoms with E-state index in [1.807, 2.05) is 0 Å². The first kappa shape index (κ1) is 16.3. The first-order valence-electron chi connectivity index (χ1n) is 7.45. The van der Waals surface area contributed by atoms with Crippen LogP contribution in [0.1, 0.15) is 33.6 Å². The van der Waals surface area contributed by atoms with Crippen molar-refractivity contribution in [3.63, 3.8) is 0 Å². The van der Waals surface area contributed by atoms with Gasteiger partial charge in [-0.25, -0.2) is 0 Å². The minimum absolute atomic E-state index is 0.378. The molecule has 0 bridgehead atoms. The molecular formula is C18H23N3O. The van der Waals surface area contributed by atoms with Gasteiger partial charge in [-0.3, -0.25) is 0 Å². The summed E-state index contributed by atoms with van der Waals surface area (Å²) >= 11 is 0. The van der Waals surface area contributed by atoms with Crippen LogP contribution in [0.2, 0.25) is 0 Å². The molecule has 2 aromatic rings. The van der Waals surface area contributed by atoms with Crippen LogP contribution in [-0.4, -0.2) is 18.7 Å². The van der Waals surface area contributed by atoms with Gasteiger partial charge in [0, 0.05) is 24.9 Å². The molecule has 1 heterocycles. The zero-order chi connectivity index (χ0) is 16.3. The lowest BCUT2D eigenvalue weighted by Crippen LogP contribution is -2.02. The van der Waals surface area contributed by atoms with Crippen LogP contribution in [0.15, 0.2) is 12.1 Å². The zero-order valence-electron chi connectivity index (χ0n) is 13.7. The largest absolute Gasteiger partial charge is 0.384 e. The van der Waals surface area contributed by atoms with Gasteiger partial charge in [-0.05, 0) is 55.0 Å². The molecule has 0 saturated heterocycles. The number of aromatic amines is 1. The zero-order valence-corrected chi connectivity index (χ0v) is 13.7. The number of methoxy groups -OCH3 is 1. The van der Waals surface area contributed by atoms with E-state index in [2.05, 4.69) is 44.0 Å². The Morgan fingerprint density at radius 2 is 1.95 bits per heavy atom. The number of hydrogen-bond acceptors (Lipinski definition) is 3. The number of nitrogens with two attached hydrogens (primary N) is 1. The SMILES string of the molecule is COCCc1c(C#N)[nH]c(CN)c1-c1ccc(C)c(C)c1C. The molecular weight excluding hydrogens is 274 g/mol. The van der Waals surface area contributed by atoms with E-state index in [-0.39, 0.29) is 0 Å². The number of benzene rings is 1. The first-order valence-corrected chi connectivity index (χ1v) is 7.45. The Labute approximate surface area is 131 Å². The van der Waals surface area contributed by atoms with Gasteiger partial charge in [-0.2, -0.15) is 5.26 Å². The number of aryl methyl sites for hydroxylation is 1. The number of nitriles is 1. The molecule has 0 unspecified atom stereocenters. The summed E-state index contributed by atoms with van der Waals surface area (Å²) < 4.78 is 5.20. The van der Waals surface area contributed by atoms with Gasteiger partial charge in [0.2, 0.25) is 0 Å². The molecule has 4 nitrogen and oxygen atoms in total. The van der Waals surface area contributed by atoms with Gasteiger partial charge in [0.25, 0.3) is 0 Å². The Bertz CT molecular complexity index is 723. The molecule has 0 spiro atoms. The van der Waals surface area contributed by atoms with Crippen LogP contribution in [0.25, 0.3) is 11.1 Å². The molecule has 0 aliphatic rings. The van der Waals surface area contributed by atoms with Crippen LogP contribution < -0.4 is 5.73 Å². The average molecular weight is 297 g/mol. The average Bonchev–Trinajstić information content (AvgIpc) is 2.88. The van der Waals surface area contributed by atoms with Gasteiger partial charge in [-0.15, -0.1) is 0 Å². The Morgan fingerprint density at radius 3 is 2.55 bits per heavy atom. The minimum atomic E-state index is 0.378. The molecule has 116 valence electrons. The van der Waals surface area contributed by atoms with Gasteiger partial charge in [0.1, 0.15) is 11.8 Å². The van der Waals surface area contributed by atoms with Crippen molar-refractivity contribution >= 4 is 0 Å². The van der Waals surface area contributed by atoms with Crippen molar-refractivity contribution in [2.24, 2.45) is 5.73 Å². The van der Waals surface area contributed by atoms with E-state index >= 15 is 0 Å². The number of nitrogens with zero attached hydrogens (tertiary/aromatic N) is 1. The van der Waals surface area contributed by atoms with Crippen LogP contribution in [0.5, 0.6) is 0 Å². The summed E-state index contributed by atoms with van der Waals surface area (Å²) in [5, 5.41) is 9.40. The summed E-state index contributed by atoms with van der Waals surface area (Å²) in [7, 11) is 1.67. The quantitative estimate of drug-likeness (QED) is 0.890. The molecule has 2 rings (SSSR count). The van der Waals surface area contributed by atoms with E-state index in [1.165, 1.54) is 16.7 Å². The number of ether oxygens (including phenoxy) is 1. The molecule has 0 fully saturated rings. The summed E-state index contributed by atoms with van der Waals surface area (Å²) in [6.45, 7) is 7.32. The molecule has 0 amide bonds. The van der Waals surface area contributed by atoms with Crippen LogP contribution >= 0.6 is 0 Å². The number of rotatable bonds is 5. The van der Waals surface area contributed by atoms with E-state index in [9.17, 15) is 5.26 Å². The molecule has 22 heavy (non-hydrogen) atoms. The lowest BCUT2D eigenvalue weighted by molar-refractivity contribution is 0.202. The highest BCUT2D eigenvalue weighted by atomic mass is 16.5. The lowest BCUT2D eigenvalue weighted by atomic mass is 9.90. The number of hydrogen-bond donors (Lipinski definition) is 2. The minimum Gasteiger partial charge on any atom is -0.384 e. The first-order chi connectivity index (χ1) is 10.5. The van der Waals surface area contributed by atoms with Crippen molar-refractivity contribution in [2.45, 2.75) is 33.7 Å². The highest BCUT2D eigenvalue weighted by molar-refractivity contribution is 5.76. The van der Waals surface area contributed by atoms with Crippen molar-refractivity contribution in [3.8, 4) is 17.2 Å². The number of aromatic nitrogens is 1. The summed E-state index contributed by atoms with van der Waals surface area (Å²) in [5.74, 6) is 0. The van der Waals surface area contributed by atoms with Crippen molar-refractivity contribution in [1.29, 1.82) is 5.26 Å². The predicted molar refractivity (Wildman–Crippen MR) is 88.6 cm³/mol. The second-order valence-corrected chi connectivity index (χ2v) is 5.57. The van der Waals surface area contributed by atoms with E-state index < -0.39 is 0 Å². The van der Waals surface area contributed by atoms with Crippen molar-refractivity contribution < 1.29 is 4.74 Å². The molecule has 0 aliphatic carbocycles. The molecule has 3 N–H and O–H groups in total. The van der Waals surface area contributed by atoms with E-state index in [0.29, 0.717) is 25.3 Å². The highest BCUT2D eigenvalue weighted by Gasteiger charge is 2.20. The topological polar surface area (TPSA) is 74.8 Å². The van der Waals surface area contributed by atoms with Crippen molar-refractivity contribution in [2.75, 3.05) is 13.7 Å². The maximum absolute atomic E-state index is 9.40. The lowest BCUT2D eigenvalue weighted by Gasteiger charge is -2.14. The van der Waals surface area contributed by atoms with E-state index in [4.69, 9.17) is 10.5 Å². The maximum Gasteiger partial charge on any atom is 0.121 e. The summed E-state index contributed by atoms with van der Waals surface area (Å²) in [6, 6.07) is 6.49. The van der Waals surface area contributed by atoms with Crippen LogP contribution in [0, 0.1) is 32.1 Å². The fraction of sp³-hybridized carbons (Fsp3) is 0.389. The Balaban J connectivity index is 2.70. The van der Waals surface area contributed by atoms with Crippen molar-refractivity contribution in [3.05, 3.63) is 45.8 Å². The van der Waals surface area contributed by atoms with Gasteiger partial charge < -0.3 is 15.5 Å². The molecule has 0 atom stereocenters. The van der Waals surface area contributed by atoms with Crippen molar-refractivity contribution in [1.82, 2.24) is 4.98 Å². The monoisotopic (exact) mass is 297 g/mol. The second-order valence-electron chi connectivity index (χ2n) is 5.57. The van der Waals surface area contributed by atoms with Crippen LogP contribution in [0.4, 0.5) is 0 Å². The maximum atomic E-state index is 9.40.